The third kappa shape index (κ3) is 3.48. The Labute approximate surface area is 99.3 Å². The normalized spacial score (nSPS) is 9.94. The smallest absolute Gasteiger partial charge is 0.323 e. The molecule has 0 saturated carbocycles. The van der Waals surface area contributed by atoms with Gasteiger partial charge < -0.3 is 15.1 Å². The van der Waals surface area contributed by atoms with E-state index in [0.717, 1.165) is 0 Å². The Hall–Kier alpha value is -2.04. The zero-order chi connectivity index (χ0) is 12.8. The van der Waals surface area contributed by atoms with E-state index in [1.54, 1.807) is 12.1 Å². The number of phenols is 1. The number of phenolic OH excluding ortho intramolecular Hbond substituents is 1. The topological polar surface area (TPSA) is 77.8 Å². The van der Waals surface area contributed by atoms with Gasteiger partial charge in [0.1, 0.15) is 12.3 Å². The second-order valence-corrected chi connectivity index (χ2v) is 3.64. The second kappa shape index (κ2) is 5.89. The first kappa shape index (κ1) is 13.0. The SMILES string of the molecule is CCCN(CC(=O)O)C(=O)c1ccccc1O. The van der Waals surface area contributed by atoms with Crippen molar-refractivity contribution in [3.8, 4) is 5.75 Å². The highest BCUT2D eigenvalue weighted by Crippen LogP contribution is 2.17. The van der Waals surface area contributed by atoms with Gasteiger partial charge in [0.2, 0.25) is 0 Å². The monoisotopic (exact) mass is 237 g/mol. The van der Waals surface area contributed by atoms with Crippen molar-refractivity contribution < 1.29 is 19.8 Å². The molecule has 0 aromatic heterocycles. The average molecular weight is 237 g/mol. The lowest BCUT2D eigenvalue weighted by molar-refractivity contribution is -0.137. The number of para-hydroxylation sites is 1. The molecule has 0 radical (unpaired) electrons. The van der Waals surface area contributed by atoms with E-state index in [2.05, 4.69) is 0 Å². The van der Waals surface area contributed by atoms with E-state index in [-0.39, 0.29) is 17.9 Å². The van der Waals surface area contributed by atoms with Gasteiger partial charge in [0.25, 0.3) is 5.91 Å². The summed E-state index contributed by atoms with van der Waals surface area (Å²) in [7, 11) is 0. The highest BCUT2D eigenvalue weighted by molar-refractivity contribution is 5.98. The molecule has 5 heteroatoms. The fraction of sp³-hybridized carbons (Fsp3) is 0.333. The number of carbonyl (C=O) groups excluding carboxylic acids is 1. The highest BCUT2D eigenvalue weighted by atomic mass is 16.4. The largest absolute Gasteiger partial charge is 0.507 e. The minimum atomic E-state index is -1.07. The predicted octanol–water partition coefficient (Wildman–Crippen LogP) is 1.33. The molecule has 1 aromatic carbocycles. The minimum Gasteiger partial charge on any atom is -0.507 e. The van der Waals surface area contributed by atoms with Gasteiger partial charge in [0.15, 0.2) is 0 Å². The maximum absolute atomic E-state index is 12.0. The van der Waals surface area contributed by atoms with Crippen LogP contribution in [0.4, 0.5) is 0 Å². The molecule has 2 N–H and O–H groups in total. The van der Waals surface area contributed by atoms with Crippen LogP contribution < -0.4 is 0 Å². The van der Waals surface area contributed by atoms with Crippen LogP contribution in [0.1, 0.15) is 23.7 Å². The van der Waals surface area contributed by atoms with Crippen molar-refractivity contribution in [2.45, 2.75) is 13.3 Å². The van der Waals surface area contributed by atoms with Crippen LogP contribution in [0.5, 0.6) is 5.75 Å². The Kier molecular flexibility index (Phi) is 4.51. The van der Waals surface area contributed by atoms with E-state index < -0.39 is 11.9 Å². The molecule has 0 atom stereocenters. The Morgan fingerprint density at radius 2 is 1.94 bits per heavy atom. The number of nitrogens with zero attached hydrogens (tertiary/aromatic N) is 1. The fourth-order valence-corrected chi connectivity index (χ4v) is 1.51. The molecule has 17 heavy (non-hydrogen) atoms. The van der Waals surface area contributed by atoms with Gasteiger partial charge in [-0.3, -0.25) is 9.59 Å². The molecule has 0 aliphatic rings. The molecule has 92 valence electrons. The first-order valence-corrected chi connectivity index (χ1v) is 5.35. The first-order chi connectivity index (χ1) is 8.06. The standard InChI is InChI=1S/C12H15NO4/c1-2-7-13(8-11(15)16)12(17)9-5-3-4-6-10(9)14/h3-6,14H,2,7-8H2,1H3,(H,15,16). The van der Waals surface area contributed by atoms with Crippen molar-refractivity contribution in [1.29, 1.82) is 0 Å². The number of carboxylic acid groups (broad SMARTS) is 1. The van der Waals surface area contributed by atoms with Crippen LogP contribution >= 0.6 is 0 Å². The van der Waals surface area contributed by atoms with Crippen LogP contribution in [0.25, 0.3) is 0 Å². The molecule has 5 nitrogen and oxygen atoms in total. The summed E-state index contributed by atoms with van der Waals surface area (Å²) in [5, 5.41) is 18.3. The number of rotatable bonds is 5. The van der Waals surface area contributed by atoms with Crippen molar-refractivity contribution in [1.82, 2.24) is 4.90 Å². The maximum Gasteiger partial charge on any atom is 0.323 e. The summed E-state index contributed by atoms with van der Waals surface area (Å²) in [4.78, 5) is 23.8. The molecule has 1 rings (SSSR count). The van der Waals surface area contributed by atoms with Gasteiger partial charge in [-0.25, -0.2) is 0 Å². The van der Waals surface area contributed by atoms with Gasteiger partial charge in [-0.2, -0.15) is 0 Å². The summed E-state index contributed by atoms with van der Waals surface area (Å²) < 4.78 is 0. The molecule has 0 saturated heterocycles. The van der Waals surface area contributed by atoms with Crippen molar-refractivity contribution in [3.63, 3.8) is 0 Å². The molecule has 0 spiro atoms. The first-order valence-electron chi connectivity index (χ1n) is 5.35. The average Bonchev–Trinajstić information content (AvgIpc) is 2.28. The van der Waals surface area contributed by atoms with Gasteiger partial charge >= 0.3 is 5.97 Å². The number of amides is 1. The Morgan fingerprint density at radius 1 is 1.29 bits per heavy atom. The number of carbonyl (C=O) groups is 2. The van der Waals surface area contributed by atoms with Crippen LogP contribution in [0.3, 0.4) is 0 Å². The molecular weight excluding hydrogens is 222 g/mol. The fourth-order valence-electron chi connectivity index (χ4n) is 1.51. The van der Waals surface area contributed by atoms with Gasteiger partial charge in [0, 0.05) is 6.54 Å². The molecule has 0 aliphatic heterocycles. The van der Waals surface area contributed by atoms with Gasteiger partial charge in [0.05, 0.1) is 5.56 Å². The van der Waals surface area contributed by atoms with Crippen molar-refractivity contribution in [2.24, 2.45) is 0 Å². The summed E-state index contributed by atoms with van der Waals surface area (Å²) in [6, 6.07) is 6.10. The van der Waals surface area contributed by atoms with Crippen LogP contribution in [0, 0.1) is 0 Å². The zero-order valence-corrected chi connectivity index (χ0v) is 9.59. The summed E-state index contributed by atoms with van der Waals surface area (Å²) >= 11 is 0. The van der Waals surface area contributed by atoms with E-state index in [1.807, 2.05) is 6.92 Å². The lowest BCUT2D eigenvalue weighted by Gasteiger charge is -2.20. The number of aliphatic carboxylic acids is 1. The maximum atomic E-state index is 12.0. The molecule has 0 heterocycles. The van der Waals surface area contributed by atoms with Gasteiger partial charge in [-0.05, 0) is 18.6 Å². The highest BCUT2D eigenvalue weighted by Gasteiger charge is 2.19. The third-order valence-electron chi connectivity index (χ3n) is 2.24. The summed E-state index contributed by atoms with van der Waals surface area (Å²) in [5.74, 6) is -1.67. The van der Waals surface area contributed by atoms with E-state index in [9.17, 15) is 14.7 Å². The van der Waals surface area contributed by atoms with E-state index >= 15 is 0 Å². The van der Waals surface area contributed by atoms with E-state index in [0.29, 0.717) is 13.0 Å². The van der Waals surface area contributed by atoms with Crippen molar-refractivity contribution in [3.05, 3.63) is 29.8 Å². The molecule has 1 aromatic rings. The Bertz CT molecular complexity index is 417. The molecule has 0 fully saturated rings. The Balaban J connectivity index is 2.91. The van der Waals surface area contributed by atoms with Crippen molar-refractivity contribution >= 4 is 11.9 Å². The van der Waals surface area contributed by atoms with Crippen LogP contribution in [0.2, 0.25) is 0 Å². The molecule has 0 unspecified atom stereocenters. The number of benzene rings is 1. The molecular formula is C12H15NO4. The second-order valence-electron chi connectivity index (χ2n) is 3.64. The van der Waals surface area contributed by atoms with Crippen LogP contribution in [-0.2, 0) is 4.79 Å². The molecule has 0 bridgehead atoms. The Morgan fingerprint density at radius 3 is 2.47 bits per heavy atom. The lowest BCUT2D eigenvalue weighted by atomic mass is 10.1. The number of carboxylic acids is 1. The van der Waals surface area contributed by atoms with E-state index in [1.165, 1.54) is 17.0 Å². The third-order valence-corrected chi connectivity index (χ3v) is 2.24. The lowest BCUT2D eigenvalue weighted by Crippen LogP contribution is -2.36. The number of aromatic hydroxyl groups is 1. The molecule has 0 aliphatic carbocycles. The predicted molar refractivity (Wildman–Crippen MR) is 61.9 cm³/mol. The van der Waals surface area contributed by atoms with E-state index in [4.69, 9.17) is 5.11 Å². The minimum absolute atomic E-state index is 0.127. The number of hydrogen-bond acceptors (Lipinski definition) is 3. The van der Waals surface area contributed by atoms with Crippen LogP contribution in [0.15, 0.2) is 24.3 Å². The summed E-state index contributed by atoms with van der Waals surface area (Å²) in [6.07, 6.45) is 0.659. The van der Waals surface area contributed by atoms with Gasteiger partial charge in [-0.1, -0.05) is 19.1 Å². The summed E-state index contributed by atoms with van der Waals surface area (Å²) in [6.45, 7) is 1.84. The summed E-state index contributed by atoms with van der Waals surface area (Å²) in [5.41, 5.74) is 0.127. The van der Waals surface area contributed by atoms with Crippen LogP contribution in [-0.4, -0.2) is 40.1 Å². The zero-order valence-electron chi connectivity index (χ0n) is 9.59. The molecule has 1 amide bonds. The quantitative estimate of drug-likeness (QED) is 0.809. The van der Waals surface area contributed by atoms with Gasteiger partial charge in [-0.15, -0.1) is 0 Å². The van der Waals surface area contributed by atoms with Crippen molar-refractivity contribution in [2.75, 3.05) is 13.1 Å². The number of hydrogen-bond donors (Lipinski definition) is 2.